The monoisotopic (exact) mass is 539 g/mol. The molecule has 0 radical (unpaired) electrons. The number of nitrogens with one attached hydrogen (secondary N) is 1. The highest BCUT2D eigenvalue weighted by atomic mass is 32.2. The highest BCUT2D eigenvalue weighted by molar-refractivity contribution is 7.95. The lowest BCUT2D eigenvalue weighted by atomic mass is 10.4. The minimum atomic E-state index is -4.84. The van der Waals surface area contributed by atoms with Gasteiger partial charge in [-0.3, -0.25) is 0 Å². The maximum absolute atomic E-state index is 13.2. The van der Waals surface area contributed by atoms with E-state index in [2.05, 4.69) is 24.3 Å². The maximum atomic E-state index is 13.2. The third kappa shape index (κ3) is 8.08. The summed E-state index contributed by atoms with van der Waals surface area (Å²) in [6, 6.07) is 22.3. The van der Waals surface area contributed by atoms with Crippen molar-refractivity contribution < 1.29 is 32.0 Å². The summed E-state index contributed by atoms with van der Waals surface area (Å²) >= 11 is 0. The van der Waals surface area contributed by atoms with Crippen molar-refractivity contribution in [3.05, 3.63) is 91.0 Å². The summed E-state index contributed by atoms with van der Waals surface area (Å²) < 4.78 is 66.9. The highest BCUT2D eigenvalue weighted by Gasteiger charge is 2.34. The predicted octanol–water partition coefficient (Wildman–Crippen LogP) is 1.17. The SMILES string of the molecule is CC(C)[NH3+].O=P([O-])(c1ccccc1)N(CCNS(=O)(=O)c1ccccc1)S(=O)(=O)c1ccccc1. The van der Waals surface area contributed by atoms with E-state index in [0.29, 0.717) is 10.1 Å². The van der Waals surface area contributed by atoms with Crippen molar-refractivity contribution in [2.24, 2.45) is 0 Å². The second-order valence-corrected chi connectivity index (χ2v) is 13.8. The van der Waals surface area contributed by atoms with E-state index in [4.69, 9.17) is 0 Å². The fourth-order valence-corrected chi connectivity index (χ4v) is 7.80. The molecule has 0 saturated heterocycles. The number of hydrogen-bond donors (Lipinski definition) is 2. The van der Waals surface area contributed by atoms with Crippen molar-refractivity contribution in [3.8, 4) is 0 Å². The normalized spacial score (nSPS) is 13.7. The van der Waals surface area contributed by atoms with Gasteiger partial charge in [-0.05, 0) is 38.1 Å². The van der Waals surface area contributed by atoms with Crippen molar-refractivity contribution in [1.29, 1.82) is 0 Å². The summed E-state index contributed by atoms with van der Waals surface area (Å²) in [6.07, 6.45) is 0. The van der Waals surface area contributed by atoms with Gasteiger partial charge in [0.05, 0.1) is 15.8 Å². The zero-order valence-corrected chi connectivity index (χ0v) is 22.0. The van der Waals surface area contributed by atoms with Crippen LogP contribution in [0, 0.1) is 0 Å². The molecule has 3 rings (SSSR count). The molecular weight excluding hydrogens is 509 g/mol. The molecule has 1 unspecified atom stereocenters. The number of benzene rings is 3. The molecule has 3 aromatic carbocycles. The Bertz CT molecular complexity index is 1320. The van der Waals surface area contributed by atoms with E-state index >= 15 is 0 Å². The van der Waals surface area contributed by atoms with Gasteiger partial charge in [-0.15, -0.1) is 0 Å². The topological polar surface area (TPSA) is 151 Å². The highest BCUT2D eigenvalue weighted by Crippen LogP contribution is 2.43. The van der Waals surface area contributed by atoms with E-state index in [0.717, 1.165) is 0 Å². The molecule has 0 heterocycles. The number of rotatable bonds is 9. The molecule has 4 N–H and O–H groups in total. The van der Waals surface area contributed by atoms with Gasteiger partial charge < -0.3 is 15.2 Å². The quantitative estimate of drug-likeness (QED) is 0.390. The van der Waals surface area contributed by atoms with Gasteiger partial charge in [0.25, 0.3) is 0 Å². The number of hydrogen-bond acceptors (Lipinski definition) is 6. The van der Waals surface area contributed by atoms with Crippen molar-refractivity contribution in [1.82, 2.24) is 8.80 Å². The standard InChI is InChI=1S/C20H21N2O6PS2.C3H9N/c23-29(24,18-10-4-1-5-11-18)22(31(27,28)20-14-8-3-9-15-20)17-16-21-30(25,26)19-12-6-2-7-13-19;1-3(2)4/h1-15,21H,16-17H2,(H,23,24);3H,4H2,1-2H3. The zero-order valence-electron chi connectivity index (χ0n) is 19.5. The molecule has 1 atom stereocenters. The molecule has 3 aromatic rings. The molecule has 0 saturated carbocycles. The Kier molecular flexibility index (Phi) is 10.3. The lowest BCUT2D eigenvalue weighted by molar-refractivity contribution is -0.407. The smallest absolute Gasteiger partial charge is 0.248 e. The molecule has 0 aliphatic rings. The van der Waals surface area contributed by atoms with Gasteiger partial charge in [-0.2, -0.15) is 4.08 Å². The van der Waals surface area contributed by atoms with Crippen molar-refractivity contribution >= 4 is 32.9 Å². The summed E-state index contributed by atoms with van der Waals surface area (Å²) in [6.45, 7) is 3.06. The van der Waals surface area contributed by atoms with Gasteiger partial charge >= 0.3 is 0 Å². The number of sulfonamides is 2. The van der Waals surface area contributed by atoms with E-state index in [1.807, 2.05) is 0 Å². The summed E-state index contributed by atoms with van der Waals surface area (Å²) in [5.74, 6) is 0. The molecule has 9 nitrogen and oxygen atoms in total. The Hall–Kier alpha value is -2.37. The molecule has 0 bridgehead atoms. The minimum absolute atomic E-state index is 0.0131. The molecule has 0 aliphatic heterocycles. The molecule has 35 heavy (non-hydrogen) atoms. The summed E-state index contributed by atoms with van der Waals surface area (Å²) in [5.41, 5.74) is 3.64. The average molecular weight is 540 g/mol. The van der Waals surface area contributed by atoms with Crippen LogP contribution in [0.4, 0.5) is 0 Å². The third-order valence-electron chi connectivity index (χ3n) is 4.34. The molecule has 0 fully saturated rings. The van der Waals surface area contributed by atoms with E-state index in [1.165, 1.54) is 60.7 Å². The van der Waals surface area contributed by atoms with Gasteiger partial charge in [0.15, 0.2) is 0 Å². The first-order valence-corrected chi connectivity index (χ1v) is 15.2. The van der Waals surface area contributed by atoms with Crippen molar-refractivity contribution in [3.63, 3.8) is 0 Å². The number of quaternary nitrogens is 1. The van der Waals surface area contributed by atoms with Crippen LogP contribution in [0.3, 0.4) is 0 Å². The van der Waals surface area contributed by atoms with Crippen LogP contribution in [0.25, 0.3) is 0 Å². The Morgan fingerprint density at radius 1 is 0.829 bits per heavy atom. The van der Waals surface area contributed by atoms with Crippen LogP contribution in [-0.4, -0.2) is 40.0 Å². The van der Waals surface area contributed by atoms with Crippen LogP contribution >= 0.6 is 7.52 Å². The molecule has 0 spiro atoms. The number of nitrogens with zero attached hydrogens (tertiary/aromatic N) is 1. The first kappa shape index (κ1) is 28.9. The fraction of sp³-hybridized carbons (Fsp3) is 0.217. The maximum Gasteiger partial charge on any atom is 0.248 e. The Morgan fingerprint density at radius 2 is 1.23 bits per heavy atom. The van der Waals surface area contributed by atoms with Crippen LogP contribution in [0.2, 0.25) is 0 Å². The van der Waals surface area contributed by atoms with Crippen LogP contribution < -0.4 is 20.7 Å². The molecule has 190 valence electrons. The minimum Gasteiger partial charge on any atom is -0.784 e. The van der Waals surface area contributed by atoms with Crippen LogP contribution in [0.15, 0.2) is 101 Å². The Balaban J connectivity index is 0.00000100. The first-order valence-electron chi connectivity index (χ1n) is 10.7. The lowest BCUT2D eigenvalue weighted by Crippen LogP contribution is -2.57. The van der Waals surface area contributed by atoms with Gasteiger partial charge in [0.1, 0.15) is 7.52 Å². The van der Waals surface area contributed by atoms with Crippen LogP contribution in [0.5, 0.6) is 0 Å². The zero-order chi connectivity index (χ0) is 26.1. The predicted molar refractivity (Wildman–Crippen MR) is 134 cm³/mol. The first-order chi connectivity index (χ1) is 16.4. The molecule has 0 aromatic heterocycles. The molecular formula is C23H30N3O6PS2. The van der Waals surface area contributed by atoms with Crippen molar-refractivity contribution in [2.75, 3.05) is 13.1 Å². The van der Waals surface area contributed by atoms with Gasteiger partial charge in [-0.25, -0.2) is 21.6 Å². The molecule has 0 amide bonds. The Labute approximate surface area is 207 Å². The van der Waals surface area contributed by atoms with Crippen LogP contribution in [0.1, 0.15) is 13.8 Å². The molecule has 0 aliphatic carbocycles. The lowest BCUT2D eigenvalue weighted by Gasteiger charge is -2.35. The second-order valence-electron chi connectivity index (χ2n) is 7.82. The van der Waals surface area contributed by atoms with Crippen molar-refractivity contribution in [2.45, 2.75) is 29.7 Å². The largest absolute Gasteiger partial charge is 0.784 e. The summed E-state index contributed by atoms with van der Waals surface area (Å²) in [4.78, 5) is 12.9. The second kappa shape index (κ2) is 12.5. The summed E-state index contributed by atoms with van der Waals surface area (Å²) in [7, 11) is -13.2. The Morgan fingerprint density at radius 3 is 1.69 bits per heavy atom. The molecule has 12 heteroatoms. The summed E-state index contributed by atoms with van der Waals surface area (Å²) in [5, 5.41) is -0.194. The third-order valence-corrected chi connectivity index (χ3v) is 10.5. The van der Waals surface area contributed by atoms with Crippen LogP contribution in [-0.2, 0) is 24.6 Å². The van der Waals surface area contributed by atoms with Gasteiger partial charge in [0, 0.05) is 18.4 Å². The van der Waals surface area contributed by atoms with E-state index in [-0.39, 0.29) is 15.1 Å². The van der Waals surface area contributed by atoms with Gasteiger partial charge in [-0.1, -0.05) is 66.7 Å². The average Bonchev–Trinajstić information content (AvgIpc) is 2.83. The van der Waals surface area contributed by atoms with E-state index < -0.39 is 40.7 Å². The van der Waals surface area contributed by atoms with E-state index in [1.54, 1.807) is 30.3 Å². The fourth-order valence-electron chi connectivity index (χ4n) is 2.81. The van der Waals surface area contributed by atoms with E-state index in [9.17, 15) is 26.3 Å². The van der Waals surface area contributed by atoms with Gasteiger partial charge in [0.2, 0.25) is 20.0 Å².